The molecule has 1 aromatic carbocycles. The minimum Gasteiger partial charge on any atom is -0.341 e. The Hall–Kier alpha value is -2.70. The van der Waals surface area contributed by atoms with Crippen LogP contribution in [0.4, 0.5) is 9.18 Å². The van der Waals surface area contributed by atoms with E-state index in [2.05, 4.69) is 0 Å². The zero-order valence-electron chi connectivity index (χ0n) is 14.1. The summed E-state index contributed by atoms with van der Waals surface area (Å²) in [5.41, 5.74) is 1.97. The van der Waals surface area contributed by atoms with Crippen LogP contribution in [0.25, 0.3) is 6.08 Å². The van der Waals surface area contributed by atoms with Crippen molar-refractivity contribution in [2.24, 2.45) is 0 Å². The van der Waals surface area contributed by atoms with Crippen LogP contribution in [0.2, 0.25) is 0 Å². The van der Waals surface area contributed by atoms with E-state index in [1.54, 1.807) is 11.0 Å². The molecule has 2 aliphatic rings. The van der Waals surface area contributed by atoms with Gasteiger partial charge in [-0.2, -0.15) is 0 Å². The molecule has 2 fully saturated rings. The van der Waals surface area contributed by atoms with Crippen LogP contribution in [0, 0.1) is 5.82 Å². The van der Waals surface area contributed by atoms with Crippen LogP contribution in [0.5, 0.6) is 0 Å². The highest BCUT2D eigenvalue weighted by Gasteiger charge is 2.35. The van der Waals surface area contributed by atoms with Crippen molar-refractivity contribution >= 4 is 23.9 Å². The van der Waals surface area contributed by atoms with Crippen LogP contribution >= 0.6 is 0 Å². The Bertz CT molecular complexity index is 737. The summed E-state index contributed by atoms with van der Waals surface area (Å²) in [6.45, 7) is 0.885. The number of rotatable bonds is 3. The Labute approximate surface area is 145 Å². The molecule has 132 valence electrons. The number of urea groups is 1. The zero-order valence-corrected chi connectivity index (χ0v) is 14.1. The normalized spacial score (nSPS) is 18.2. The van der Waals surface area contributed by atoms with Crippen molar-refractivity contribution in [2.75, 3.05) is 33.2 Å². The standard InChI is InChI=1S/C18H20FN3O3/c1-20-11-17(24)22(18(20)25)12-16(23)21-7-5-13(6-8-21)9-14-3-2-4-15(19)10-14/h2-4,9-10H,5-8,11-12H2,1H3. The molecule has 0 N–H and O–H groups in total. The van der Waals surface area contributed by atoms with Crippen molar-refractivity contribution in [2.45, 2.75) is 12.8 Å². The monoisotopic (exact) mass is 345 g/mol. The molecule has 0 bridgehead atoms. The maximum Gasteiger partial charge on any atom is 0.327 e. The Morgan fingerprint density at radius 2 is 1.96 bits per heavy atom. The molecule has 7 heteroatoms. The summed E-state index contributed by atoms with van der Waals surface area (Å²) >= 11 is 0. The largest absolute Gasteiger partial charge is 0.341 e. The van der Waals surface area contributed by atoms with Crippen LogP contribution in [0.3, 0.4) is 0 Å². The van der Waals surface area contributed by atoms with E-state index < -0.39 is 6.03 Å². The number of likely N-dealkylation sites (N-methyl/N-ethyl adjacent to an activating group) is 1. The fraction of sp³-hybridized carbons (Fsp3) is 0.389. The number of carbonyl (C=O) groups is 3. The van der Waals surface area contributed by atoms with Gasteiger partial charge in [-0.15, -0.1) is 0 Å². The summed E-state index contributed by atoms with van der Waals surface area (Å²) in [7, 11) is 1.54. The van der Waals surface area contributed by atoms with Crippen molar-refractivity contribution in [3.63, 3.8) is 0 Å². The van der Waals surface area contributed by atoms with E-state index in [1.807, 2.05) is 12.1 Å². The van der Waals surface area contributed by atoms with Gasteiger partial charge >= 0.3 is 6.03 Å². The molecular formula is C18H20FN3O3. The van der Waals surface area contributed by atoms with Crippen molar-refractivity contribution < 1.29 is 18.8 Å². The minimum absolute atomic E-state index is 0.0205. The zero-order chi connectivity index (χ0) is 18.0. The molecule has 0 spiro atoms. The summed E-state index contributed by atoms with van der Waals surface area (Å²) in [5, 5.41) is 0. The molecule has 4 amide bonds. The average Bonchev–Trinajstić information content (AvgIpc) is 2.82. The Kier molecular flexibility index (Phi) is 4.83. The highest BCUT2D eigenvalue weighted by atomic mass is 19.1. The second-order valence-electron chi connectivity index (χ2n) is 6.36. The van der Waals surface area contributed by atoms with E-state index >= 15 is 0 Å². The molecule has 25 heavy (non-hydrogen) atoms. The summed E-state index contributed by atoms with van der Waals surface area (Å²) < 4.78 is 13.2. The third-order valence-corrected chi connectivity index (χ3v) is 4.50. The molecule has 0 aliphatic carbocycles. The van der Waals surface area contributed by atoms with Crippen molar-refractivity contribution in [3.05, 3.63) is 41.2 Å². The maximum atomic E-state index is 13.2. The maximum absolute atomic E-state index is 13.2. The predicted octanol–water partition coefficient (Wildman–Crippen LogP) is 1.73. The molecule has 0 saturated carbocycles. The molecule has 0 radical (unpaired) electrons. The van der Waals surface area contributed by atoms with Crippen LogP contribution in [-0.2, 0) is 9.59 Å². The van der Waals surface area contributed by atoms with Crippen LogP contribution in [0.1, 0.15) is 18.4 Å². The third kappa shape index (κ3) is 3.87. The first-order chi connectivity index (χ1) is 11.9. The van der Waals surface area contributed by atoms with Gasteiger partial charge in [0.2, 0.25) is 5.91 Å². The lowest BCUT2D eigenvalue weighted by Crippen LogP contribution is -2.45. The highest BCUT2D eigenvalue weighted by molar-refractivity contribution is 6.04. The number of amides is 4. The van der Waals surface area contributed by atoms with Gasteiger partial charge in [-0.25, -0.2) is 9.18 Å². The van der Waals surface area contributed by atoms with Gasteiger partial charge in [-0.1, -0.05) is 23.8 Å². The second-order valence-corrected chi connectivity index (χ2v) is 6.36. The van der Waals surface area contributed by atoms with Gasteiger partial charge in [0, 0.05) is 20.1 Å². The summed E-state index contributed by atoms with van der Waals surface area (Å²) in [6, 6.07) is 5.96. The SMILES string of the molecule is CN1CC(=O)N(CC(=O)N2CCC(=Cc3cccc(F)c3)CC2)C1=O. The molecule has 3 rings (SSSR count). The Morgan fingerprint density at radius 3 is 2.56 bits per heavy atom. The van der Waals surface area contributed by atoms with E-state index in [0.717, 1.165) is 16.0 Å². The fourth-order valence-corrected chi connectivity index (χ4v) is 3.08. The first-order valence-electron chi connectivity index (χ1n) is 8.22. The molecule has 0 unspecified atom stereocenters. The number of hydrogen-bond acceptors (Lipinski definition) is 3. The lowest BCUT2D eigenvalue weighted by Gasteiger charge is -2.29. The summed E-state index contributed by atoms with van der Waals surface area (Å²) in [5.74, 6) is -0.835. The molecule has 2 aliphatic heterocycles. The van der Waals surface area contributed by atoms with E-state index in [9.17, 15) is 18.8 Å². The fourth-order valence-electron chi connectivity index (χ4n) is 3.08. The van der Waals surface area contributed by atoms with E-state index in [0.29, 0.717) is 25.9 Å². The van der Waals surface area contributed by atoms with Crippen LogP contribution in [0.15, 0.2) is 29.8 Å². The van der Waals surface area contributed by atoms with Crippen LogP contribution < -0.4 is 0 Å². The summed E-state index contributed by atoms with van der Waals surface area (Å²) in [4.78, 5) is 39.9. The smallest absolute Gasteiger partial charge is 0.327 e. The molecule has 2 saturated heterocycles. The van der Waals surface area contributed by atoms with Crippen LogP contribution in [-0.4, -0.2) is 65.8 Å². The number of benzene rings is 1. The average molecular weight is 345 g/mol. The van der Waals surface area contributed by atoms with Crippen molar-refractivity contribution in [1.29, 1.82) is 0 Å². The molecule has 0 atom stereocenters. The second kappa shape index (κ2) is 7.04. The topological polar surface area (TPSA) is 60.9 Å². The first-order valence-corrected chi connectivity index (χ1v) is 8.22. The number of likely N-dealkylation sites (tertiary alicyclic amines) is 1. The number of halogens is 1. The molecule has 0 aromatic heterocycles. The Balaban J connectivity index is 1.56. The van der Waals surface area contributed by atoms with Gasteiger partial charge in [0.1, 0.15) is 18.9 Å². The quantitative estimate of drug-likeness (QED) is 0.784. The lowest BCUT2D eigenvalue weighted by atomic mass is 10.0. The van der Waals surface area contributed by atoms with Crippen molar-refractivity contribution in [1.82, 2.24) is 14.7 Å². The number of carbonyl (C=O) groups excluding carboxylic acids is 3. The number of hydrogen-bond donors (Lipinski definition) is 0. The lowest BCUT2D eigenvalue weighted by molar-refractivity contribution is -0.136. The highest BCUT2D eigenvalue weighted by Crippen LogP contribution is 2.20. The third-order valence-electron chi connectivity index (χ3n) is 4.50. The number of piperidine rings is 1. The molecule has 2 heterocycles. The van der Waals surface area contributed by atoms with Gasteiger partial charge in [0.15, 0.2) is 0 Å². The van der Waals surface area contributed by atoms with Gasteiger partial charge in [0.05, 0.1) is 0 Å². The number of imide groups is 1. The Morgan fingerprint density at radius 1 is 1.24 bits per heavy atom. The van der Waals surface area contributed by atoms with Gasteiger partial charge in [-0.3, -0.25) is 14.5 Å². The molecule has 1 aromatic rings. The first kappa shape index (κ1) is 17.1. The molecule has 6 nitrogen and oxygen atoms in total. The van der Waals surface area contributed by atoms with Gasteiger partial charge in [0.25, 0.3) is 5.91 Å². The van der Waals surface area contributed by atoms with Gasteiger partial charge in [-0.05, 0) is 30.5 Å². The molecular weight excluding hydrogens is 325 g/mol. The van der Waals surface area contributed by atoms with Gasteiger partial charge < -0.3 is 9.80 Å². The number of nitrogens with zero attached hydrogens (tertiary/aromatic N) is 3. The van der Waals surface area contributed by atoms with Crippen molar-refractivity contribution in [3.8, 4) is 0 Å². The summed E-state index contributed by atoms with van der Waals surface area (Å²) in [6.07, 6.45) is 3.35. The van der Waals surface area contributed by atoms with E-state index in [4.69, 9.17) is 0 Å². The minimum atomic E-state index is -0.429. The van der Waals surface area contributed by atoms with E-state index in [-0.39, 0.29) is 30.7 Å². The van der Waals surface area contributed by atoms with E-state index in [1.165, 1.54) is 24.1 Å². The predicted molar refractivity (Wildman–Crippen MR) is 89.9 cm³/mol.